The van der Waals surface area contributed by atoms with Gasteiger partial charge in [0.15, 0.2) is 0 Å². The van der Waals surface area contributed by atoms with Crippen LogP contribution in [-0.2, 0) is 20.9 Å². The molecule has 9 heteroatoms. The third-order valence-corrected chi connectivity index (χ3v) is 4.53. The maximum absolute atomic E-state index is 12.1. The summed E-state index contributed by atoms with van der Waals surface area (Å²) in [7, 11) is 0. The quantitative estimate of drug-likeness (QED) is 0.589. The molecule has 0 spiro atoms. The van der Waals surface area contributed by atoms with E-state index in [0.717, 1.165) is 10.5 Å². The normalized spacial score (nSPS) is 15.8. The molecule has 3 heterocycles. The molecule has 0 atom stereocenters. The van der Waals surface area contributed by atoms with Crippen molar-refractivity contribution in [3.05, 3.63) is 46.0 Å². The number of rotatable bonds is 6. The molecule has 9 nitrogen and oxygen atoms in total. The number of carbonyl (C=O) groups excluding carboxylic acids is 3. The Labute approximate surface area is 161 Å². The lowest BCUT2D eigenvalue weighted by molar-refractivity contribution is -0.145. The van der Waals surface area contributed by atoms with Crippen LogP contribution in [0, 0.1) is 6.92 Å². The van der Waals surface area contributed by atoms with Crippen molar-refractivity contribution in [1.29, 1.82) is 0 Å². The molecule has 0 bridgehead atoms. The lowest BCUT2D eigenvalue weighted by Crippen LogP contribution is -2.40. The second-order valence-corrected chi connectivity index (χ2v) is 7.25. The van der Waals surface area contributed by atoms with Crippen molar-refractivity contribution in [2.45, 2.75) is 45.8 Å². The van der Waals surface area contributed by atoms with E-state index in [4.69, 9.17) is 4.74 Å². The van der Waals surface area contributed by atoms with E-state index in [2.05, 4.69) is 10.3 Å². The molecular weight excluding hydrogens is 364 g/mol. The Balaban J connectivity index is 1.53. The van der Waals surface area contributed by atoms with E-state index >= 15 is 0 Å². The van der Waals surface area contributed by atoms with E-state index in [9.17, 15) is 19.2 Å². The summed E-state index contributed by atoms with van der Waals surface area (Å²) in [5, 5.41) is 2.58. The third-order valence-electron chi connectivity index (χ3n) is 4.53. The molecule has 28 heavy (non-hydrogen) atoms. The van der Waals surface area contributed by atoms with Gasteiger partial charge < -0.3 is 10.1 Å². The van der Waals surface area contributed by atoms with Crippen molar-refractivity contribution >= 4 is 23.6 Å². The fraction of sp³-hybridized carbons (Fsp3) is 0.421. The van der Waals surface area contributed by atoms with Gasteiger partial charge in [-0.05, 0) is 38.8 Å². The van der Waals surface area contributed by atoms with Crippen LogP contribution in [0.25, 0.3) is 5.65 Å². The van der Waals surface area contributed by atoms with Crippen molar-refractivity contribution < 1.29 is 19.1 Å². The van der Waals surface area contributed by atoms with Crippen LogP contribution < -0.4 is 10.9 Å². The van der Waals surface area contributed by atoms with E-state index in [1.54, 1.807) is 26.1 Å². The Morgan fingerprint density at radius 2 is 2.04 bits per heavy atom. The fourth-order valence-electron chi connectivity index (χ4n) is 3.01. The molecule has 148 valence electrons. The highest BCUT2D eigenvalue weighted by molar-refractivity contribution is 6.06. The number of nitrogens with one attached hydrogen (secondary N) is 1. The second kappa shape index (κ2) is 7.41. The van der Waals surface area contributed by atoms with Gasteiger partial charge in [0.2, 0.25) is 0 Å². The van der Waals surface area contributed by atoms with E-state index in [-0.39, 0.29) is 31.0 Å². The van der Waals surface area contributed by atoms with Crippen molar-refractivity contribution in [3.8, 4) is 0 Å². The Morgan fingerprint density at radius 3 is 2.71 bits per heavy atom. The van der Waals surface area contributed by atoms with Gasteiger partial charge in [0.25, 0.3) is 11.5 Å². The lowest BCUT2D eigenvalue weighted by Gasteiger charge is -2.15. The molecule has 0 saturated carbocycles. The molecule has 0 radical (unpaired) electrons. The molecular formula is C19H22N4O5. The number of fused-ring (bicyclic) bond motifs is 1. The van der Waals surface area contributed by atoms with Gasteiger partial charge in [0.05, 0.1) is 5.69 Å². The first-order valence-corrected chi connectivity index (χ1v) is 8.97. The molecule has 3 rings (SSSR count). The van der Waals surface area contributed by atoms with Crippen LogP contribution in [0.5, 0.6) is 0 Å². The summed E-state index contributed by atoms with van der Waals surface area (Å²) in [6.45, 7) is 5.12. The molecule has 1 aliphatic rings. The smallest absolute Gasteiger partial charge is 0.325 e. The molecule has 0 aromatic carbocycles. The summed E-state index contributed by atoms with van der Waals surface area (Å²) in [5.74, 6) is -0.805. The predicted octanol–water partition coefficient (Wildman–Crippen LogP) is 1.16. The van der Waals surface area contributed by atoms with E-state index < -0.39 is 17.5 Å². The first kappa shape index (κ1) is 19.5. The van der Waals surface area contributed by atoms with Gasteiger partial charge in [0.1, 0.15) is 17.8 Å². The maximum atomic E-state index is 12.1. The number of hydrogen-bond acceptors (Lipinski definition) is 6. The van der Waals surface area contributed by atoms with Crippen LogP contribution in [0.15, 0.2) is 29.2 Å². The largest absolute Gasteiger partial charge is 0.459 e. The zero-order valence-corrected chi connectivity index (χ0v) is 16.0. The van der Waals surface area contributed by atoms with E-state index in [1.807, 2.05) is 13.0 Å². The Morgan fingerprint density at radius 1 is 1.29 bits per heavy atom. The van der Waals surface area contributed by atoms with Crippen LogP contribution in [0.2, 0.25) is 0 Å². The molecule has 1 aliphatic heterocycles. The molecule has 3 amide bonds. The van der Waals surface area contributed by atoms with Crippen molar-refractivity contribution in [2.75, 3.05) is 6.54 Å². The number of esters is 1. The minimum atomic E-state index is -0.925. The Kier molecular flexibility index (Phi) is 5.17. The SMILES string of the molecule is Cc1cccn2c(=O)cc(COC(=O)CCCN3C(=O)NC(C)(C)C3=O)nc12. The summed E-state index contributed by atoms with van der Waals surface area (Å²) in [5.41, 5.74) is 0.543. The number of pyridine rings is 1. The number of hydrogen-bond donors (Lipinski definition) is 1. The average Bonchev–Trinajstić information content (AvgIpc) is 2.82. The number of nitrogens with zero attached hydrogens (tertiary/aromatic N) is 3. The van der Waals surface area contributed by atoms with Gasteiger partial charge in [0, 0.05) is 25.2 Å². The van der Waals surface area contributed by atoms with Crippen molar-refractivity contribution in [1.82, 2.24) is 19.6 Å². The van der Waals surface area contributed by atoms with Crippen LogP contribution >= 0.6 is 0 Å². The standard InChI is InChI=1S/C19H22N4O5/c1-12-6-4-8-22-14(24)10-13(20-16(12)22)11-28-15(25)7-5-9-23-17(26)19(2,3)21-18(23)27/h4,6,8,10H,5,7,9,11H2,1-3H3,(H,21,27). The summed E-state index contributed by atoms with van der Waals surface area (Å²) < 4.78 is 6.61. The topological polar surface area (TPSA) is 110 Å². The monoisotopic (exact) mass is 386 g/mol. The van der Waals surface area contributed by atoms with Crippen LogP contribution in [-0.4, -0.2) is 44.3 Å². The summed E-state index contributed by atoms with van der Waals surface area (Å²) in [6, 6.07) is 4.47. The van der Waals surface area contributed by atoms with Gasteiger partial charge >= 0.3 is 12.0 Å². The number of aryl methyl sites for hydroxylation is 1. The highest BCUT2D eigenvalue weighted by Gasteiger charge is 2.43. The third kappa shape index (κ3) is 3.88. The van der Waals surface area contributed by atoms with Gasteiger partial charge in [-0.3, -0.25) is 23.7 Å². The molecule has 1 N–H and O–H groups in total. The highest BCUT2D eigenvalue weighted by atomic mass is 16.5. The molecule has 1 saturated heterocycles. The fourth-order valence-corrected chi connectivity index (χ4v) is 3.01. The van der Waals surface area contributed by atoms with Gasteiger partial charge in [-0.25, -0.2) is 9.78 Å². The number of carbonyl (C=O) groups is 3. The van der Waals surface area contributed by atoms with Gasteiger partial charge in [-0.1, -0.05) is 6.07 Å². The summed E-state index contributed by atoms with van der Waals surface area (Å²) in [6.07, 6.45) is 1.97. The predicted molar refractivity (Wildman–Crippen MR) is 99.6 cm³/mol. The molecule has 1 fully saturated rings. The number of ether oxygens (including phenoxy) is 1. The van der Waals surface area contributed by atoms with E-state index in [0.29, 0.717) is 17.8 Å². The van der Waals surface area contributed by atoms with Gasteiger partial charge in [-0.2, -0.15) is 0 Å². The molecule has 0 unspecified atom stereocenters. The van der Waals surface area contributed by atoms with Crippen molar-refractivity contribution in [3.63, 3.8) is 0 Å². The Hall–Kier alpha value is -3.23. The lowest BCUT2D eigenvalue weighted by atomic mass is 10.1. The number of urea groups is 1. The Bertz CT molecular complexity index is 1010. The minimum Gasteiger partial charge on any atom is -0.459 e. The number of aromatic nitrogens is 2. The van der Waals surface area contributed by atoms with Crippen LogP contribution in [0.4, 0.5) is 4.79 Å². The maximum Gasteiger partial charge on any atom is 0.325 e. The second-order valence-electron chi connectivity index (χ2n) is 7.25. The van der Waals surface area contributed by atoms with Crippen LogP contribution in [0.1, 0.15) is 37.9 Å². The van der Waals surface area contributed by atoms with Gasteiger partial charge in [-0.15, -0.1) is 0 Å². The number of imide groups is 1. The minimum absolute atomic E-state index is 0.0447. The average molecular weight is 386 g/mol. The highest BCUT2D eigenvalue weighted by Crippen LogP contribution is 2.17. The molecule has 2 aromatic rings. The van der Waals surface area contributed by atoms with Crippen LogP contribution in [0.3, 0.4) is 0 Å². The first-order valence-electron chi connectivity index (χ1n) is 8.97. The molecule has 0 aliphatic carbocycles. The first-order chi connectivity index (χ1) is 13.2. The molecule has 2 aromatic heterocycles. The van der Waals surface area contributed by atoms with Crippen molar-refractivity contribution in [2.24, 2.45) is 0 Å². The summed E-state index contributed by atoms with van der Waals surface area (Å²) in [4.78, 5) is 53.4. The summed E-state index contributed by atoms with van der Waals surface area (Å²) >= 11 is 0. The number of amides is 3. The van der Waals surface area contributed by atoms with E-state index in [1.165, 1.54) is 10.5 Å². The zero-order chi connectivity index (χ0) is 20.5. The zero-order valence-electron chi connectivity index (χ0n) is 16.0.